The molecule has 33 heavy (non-hydrogen) atoms. The number of fused-ring (bicyclic) bond motifs is 1. The van der Waals surface area contributed by atoms with Crippen LogP contribution in [0.3, 0.4) is 0 Å². The van der Waals surface area contributed by atoms with Crippen molar-refractivity contribution in [1.29, 1.82) is 0 Å². The summed E-state index contributed by atoms with van der Waals surface area (Å²) >= 11 is 0. The molecule has 0 bridgehead atoms. The second-order valence-corrected chi connectivity index (χ2v) is 10.4. The van der Waals surface area contributed by atoms with E-state index >= 15 is 0 Å². The van der Waals surface area contributed by atoms with Crippen molar-refractivity contribution in [3.05, 3.63) is 23.1 Å². The van der Waals surface area contributed by atoms with Gasteiger partial charge in [-0.1, -0.05) is 5.11 Å². The monoisotopic (exact) mass is 528 g/mol. The molecular formula is C10H11N8O12P3-4. The highest BCUT2D eigenvalue weighted by atomic mass is 31.3. The Balaban J connectivity index is 1.77. The van der Waals surface area contributed by atoms with E-state index in [9.17, 15) is 38.4 Å². The van der Waals surface area contributed by atoms with Crippen molar-refractivity contribution < 1.29 is 56.3 Å². The van der Waals surface area contributed by atoms with E-state index in [1.807, 2.05) is 0 Å². The van der Waals surface area contributed by atoms with Crippen molar-refractivity contribution >= 4 is 40.4 Å². The topological polar surface area (TPSA) is 319 Å². The van der Waals surface area contributed by atoms with Gasteiger partial charge in [-0.2, -0.15) is 0 Å². The molecule has 3 N–H and O–H groups in total. The maximum absolute atomic E-state index is 11.7. The van der Waals surface area contributed by atoms with Crippen LogP contribution in [0.25, 0.3) is 21.6 Å². The fourth-order valence-corrected chi connectivity index (χ4v) is 5.65. The number of aliphatic hydroxyl groups is 1. The van der Waals surface area contributed by atoms with Crippen molar-refractivity contribution in [3.8, 4) is 0 Å². The second-order valence-electron chi connectivity index (χ2n) is 6.13. The summed E-state index contributed by atoms with van der Waals surface area (Å²) in [4.78, 5) is 57.9. The number of nitrogens with zero attached hydrogens (tertiary/aromatic N) is 7. The predicted octanol–water partition coefficient (Wildman–Crippen LogP) is -2.84. The number of azide groups is 1. The van der Waals surface area contributed by atoms with Gasteiger partial charge < -0.3 is 44.2 Å². The van der Waals surface area contributed by atoms with Crippen molar-refractivity contribution in [3.63, 3.8) is 0 Å². The van der Waals surface area contributed by atoms with Gasteiger partial charge in [-0.15, -0.1) is 0 Å². The Morgan fingerprint density at radius 2 is 1.91 bits per heavy atom. The zero-order chi connectivity index (χ0) is 24.6. The van der Waals surface area contributed by atoms with Gasteiger partial charge in [-0.05, 0) is 5.53 Å². The Morgan fingerprint density at radius 1 is 1.21 bits per heavy atom. The maximum Gasteiger partial charge on any atom is 0.278 e. The number of anilines is 1. The number of nitrogen functional groups attached to an aromatic ring is 1. The minimum atomic E-state index is -6.17. The molecule has 1 aliphatic rings. The SMILES string of the molecule is [N-]=[N+]=NC1C(O)C(COP(=O)([O-])OP(=O)([O-])OP(=O)([O-])[O-])OC1n1cnc2c(N)ncnc21. The molecule has 0 saturated carbocycles. The lowest BCUT2D eigenvalue weighted by Crippen LogP contribution is -2.33. The first-order chi connectivity index (χ1) is 15.2. The van der Waals surface area contributed by atoms with Crippen LogP contribution in [0.4, 0.5) is 5.82 Å². The fourth-order valence-electron chi connectivity index (χ4n) is 2.79. The van der Waals surface area contributed by atoms with Crippen molar-refractivity contribution in [2.24, 2.45) is 5.11 Å². The van der Waals surface area contributed by atoms with Crippen LogP contribution in [0.15, 0.2) is 17.8 Å². The highest BCUT2D eigenvalue weighted by Crippen LogP contribution is 2.60. The zero-order valence-corrected chi connectivity index (χ0v) is 18.3. The van der Waals surface area contributed by atoms with Crippen LogP contribution >= 0.6 is 23.5 Å². The lowest BCUT2D eigenvalue weighted by molar-refractivity contribution is -0.339. The van der Waals surface area contributed by atoms with Gasteiger partial charge in [0.05, 0.1) is 26.9 Å². The molecule has 0 amide bonds. The number of ether oxygens (including phenoxy) is 1. The van der Waals surface area contributed by atoms with Gasteiger partial charge in [0.25, 0.3) is 15.6 Å². The number of nitrogens with two attached hydrogens (primary N) is 1. The van der Waals surface area contributed by atoms with E-state index < -0.39 is 54.6 Å². The molecule has 3 heterocycles. The lowest BCUT2D eigenvalue weighted by Gasteiger charge is -2.37. The third kappa shape index (κ3) is 6.11. The molecule has 0 radical (unpaired) electrons. The van der Waals surface area contributed by atoms with Crippen molar-refractivity contribution in [1.82, 2.24) is 19.5 Å². The average molecular weight is 528 g/mol. The molecule has 0 aromatic carbocycles. The number of imidazole rings is 1. The summed E-state index contributed by atoms with van der Waals surface area (Å²) in [6, 6.07) is -1.37. The second kappa shape index (κ2) is 9.32. The van der Waals surface area contributed by atoms with Gasteiger partial charge in [0.1, 0.15) is 30.2 Å². The summed E-state index contributed by atoms with van der Waals surface area (Å²) in [7, 11) is -18.2. The number of phosphoric acid groups is 3. The number of aliphatic hydroxyl groups excluding tert-OH is 1. The van der Waals surface area contributed by atoms with E-state index in [-0.39, 0.29) is 17.0 Å². The average Bonchev–Trinajstić information content (AvgIpc) is 3.20. The third-order valence-electron chi connectivity index (χ3n) is 3.98. The summed E-state index contributed by atoms with van der Waals surface area (Å²) in [5.41, 5.74) is 14.7. The third-order valence-corrected chi connectivity index (χ3v) is 7.65. The van der Waals surface area contributed by atoms with Crippen LogP contribution in [-0.4, -0.2) is 49.5 Å². The minimum absolute atomic E-state index is 0.00641. The molecule has 23 heteroatoms. The predicted molar refractivity (Wildman–Crippen MR) is 93.5 cm³/mol. The van der Waals surface area contributed by atoms with Crippen LogP contribution in [0.1, 0.15) is 6.23 Å². The number of hydrogen-bond acceptors (Lipinski definition) is 17. The largest absolute Gasteiger partial charge is 0.790 e. The number of hydrogen-bond donors (Lipinski definition) is 2. The van der Waals surface area contributed by atoms with Gasteiger partial charge in [0.15, 0.2) is 11.5 Å². The maximum atomic E-state index is 11.7. The molecule has 1 saturated heterocycles. The molecule has 6 atom stereocenters. The molecule has 3 rings (SSSR count). The van der Waals surface area contributed by atoms with E-state index in [4.69, 9.17) is 16.0 Å². The molecular weight excluding hydrogens is 517 g/mol. The number of aromatic nitrogens is 4. The molecule has 2 aromatic heterocycles. The molecule has 1 fully saturated rings. The first-order valence-corrected chi connectivity index (χ1v) is 12.6. The van der Waals surface area contributed by atoms with Crippen LogP contribution in [0.5, 0.6) is 0 Å². The summed E-state index contributed by atoms with van der Waals surface area (Å²) in [6.07, 6.45) is -2.27. The van der Waals surface area contributed by atoms with Crippen molar-refractivity contribution in [2.75, 3.05) is 12.3 Å². The summed E-state index contributed by atoms with van der Waals surface area (Å²) < 4.78 is 50.7. The standard InChI is InChI=1S/C10H15N8O12P3/c11-8-6-9(14-2-13-8)18(3-15-6)10-5(16-17-12)7(19)4(28-10)1-27-32(23,24)30-33(25,26)29-31(20,21)22/h2-5,7,10,19H,1H2,(H,23,24)(H,25,26)(H2,11,13,14)(H2,20,21,22)/p-4. The fraction of sp³-hybridized carbons (Fsp3) is 0.500. The van der Waals surface area contributed by atoms with Crippen LogP contribution in [-0.2, 0) is 31.6 Å². The Morgan fingerprint density at radius 3 is 2.55 bits per heavy atom. The molecule has 0 aliphatic carbocycles. The highest BCUT2D eigenvalue weighted by Gasteiger charge is 2.45. The van der Waals surface area contributed by atoms with Gasteiger partial charge in [0.2, 0.25) is 0 Å². The summed E-state index contributed by atoms with van der Waals surface area (Å²) in [6.45, 7) is -1.09. The van der Waals surface area contributed by atoms with Gasteiger partial charge in [-0.3, -0.25) is 18.0 Å². The van der Waals surface area contributed by atoms with Crippen LogP contribution in [0, 0.1) is 0 Å². The number of rotatable bonds is 9. The minimum Gasteiger partial charge on any atom is -0.790 e. The molecule has 0 spiro atoms. The first-order valence-electron chi connectivity index (χ1n) is 8.25. The van der Waals surface area contributed by atoms with Crippen LogP contribution in [0.2, 0.25) is 0 Å². The molecule has 1 aliphatic heterocycles. The van der Waals surface area contributed by atoms with E-state index in [1.165, 1.54) is 10.9 Å². The highest BCUT2D eigenvalue weighted by molar-refractivity contribution is 7.64. The molecule has 2 aromatic rings. The Bertz CT molecular complexity index is 1230. The zero-order valence-electron chi connectivity index (χ0n) is 15.7. The van der Waals surface area contributed by atoms with Crippen molar-refractivity contribution in [2.45, 2.75) is 24.5 Å². The quantitative estimate of drug-likeness (QED) is 0.143. The van der Waals surface area contributed by atoms with E-state index in [0.29, 0.717) is 0 Å². The van der Waals surface area contributed by atoms with Gasteiger partial charge >= 0.3 is 0 Å². The summed E-state index contributed by atoms with van der Waals surface area (Å²) in [5.74, 6) is 0.00641. The molecule has 182 valence electrons. The molecule has 6 unspecified atom stereocenters. The Labute approximate surface area is 182 Å². The lowest BCUT2D eigenvalue weighted by atomic mass is 10.1. The van der Waals surface area contributed by atoms with Gasteiger partial charge in [-0.25, -0.2) is 19.3 Å². The first kappa shape index (κ1) is 25.6. The number of phosphoric ester groups is 1. The Hall–Kier alpha value is -2.01. The molecule has 20 nitrogen and oxygen atoms in total. The van der Waals surface area contributed by atoms with E-state index in [1.54, 1.807) is 0 Å². The summed E-state index contributed by atoms with van der Waals surface area (Å²) in [5, 5.41) is 13.8. The van der Waals surface area contributed by atoms with E-state index in [0.717, 1.165) is 6.33 Å². The van der Waals surface area contributed by atoms with Gasteiger partial charge in [0, 0.05) is 4.91 Å². The Kier molecular flexibility index (Phi) is 7.24. The smallest absolute Gasteiger partial charge is 0.278 e. The normalized spacial score (nSPS) is 27.1. The van der Waals surface area contributed by atoms with Crippen LogP contribution < -0.4 is 25.3 Å². The van der Waals surface area contributed by atoms with E-state index in [2.05, 4.69) is 38.1 Å².